The summed E-state index contributed by atoms with van der Waals surface area (Å²) >= 11 is 0. The van der Waals surface area contributed by atoms with Crippen molar-refractivity contribution in [3.63, 3.8) is 0 Å². The number of nitrogens with zero attached hydrogens (tertiary/aromatic N) is 1. The molecule has 0 atom stereocenters. The number of rotatable bonds is 8. The van der Waals surface area contributed by atoms with Gasteiger partial charge in [0.1, 0.15) is 0 Å². The van der Waals surface area contributed by atoms with E-state index in [1.807, 2.05) is 54.7 Å². The Balaban J connectivity index is 1.34. The van der Waals surface area contributed by atoms with Gasteiger partial charge in [-0.25, -0.2) is 4.79 Å². The lowest BCUT2D eigenvalue weighted by Crippen LogP contribution is -2.23. The molecule has 1 heterocycles. The van der Waals surface area contributed by atoms with Crippen LogP contribution in [0.5, 0.6) is 0 Å². The van der Waals surface area contributed by atoms with Crippen molar-refractivity contribution < 1.29 is 14.7 Å². The van der Waals surface area contributed by atoms with Crippen LogP contribution in [0.25, 0.3) is 33.2 Å². The Labute approximate surface area is 248 Å². The normalized spacial score (nSPS) is 10.8. The first-order chi connectivity index (χ1) is 21.0. The van der Waals surface area contributed by atoms with Crippen LogP contribution in [-0.4, -0.2) is 22.0 Å². The largest absolute Gasteiger partial charge is 0.478 e. The highest BCUT2D eigenvalue weighted by atomic mass is 16.4. The SMILES string of the molecule is N#Cc1cccc(-c2cc(C(=O)NCc3ccc(C(=O)O)cc3)c3c(Cc4ccc(-c5ccccc5)cc4)c[nH]c3c2)c1. The van der Waals surface area contributed by atoms with E-state index in [9.17, 15) is 20.0 Å². The first-order valence-electron chi connectivity index (χ1n) is 13.9. The van der Waals surface area contributed by atoms with Crippen LogP contribution in [0.3, 0.4) is 0 Å². The first kappa shape index (κ1) is 27.3. The van der Waals surface area contributed by atoms with Crippen molar-refractivity contribution in [3.8, 4) is 28.3 Å². The van der Waals surface area contributed by atoms with Gasteiger partial charge in [0.25, 0.3) is 5.91 Å². The highest BCUT2D eigenvalue weighted by Gasteiger charge is 2.18. The number of carboxylic acids is 1. The average Bonchev–Trinajstić information content (AvgIpc) is 3.46. The Hall–Kier alpha value is -5.93. The number of aromatic amines is 1. The molecule has 5 aromatic carbocycles. The fraction of sp³-hybridized carbons (Fsp3) is 0.0541. The number of fused-ring (bicyclic) bond motifs is 1. The van der Waals surface area contributed by atoms with Crippen molar-refractivity contribution in [2.24, 2.45) is 0 Å². The molecule has 0 fully saturated rings. The van der Waals surface area contributed by atoms with Crippen molar-refractivity contribution in [2.45, 2.75) is 13.0 Å². The lowest BCUT2D eigenvalue weighted by molar-refractivity contribution is 0.0696. The molecule has 0 saturated carbocycles. The van der Waals surface area contributed by atoms with Gasteiger partial charge in [-0.1, -0.05) is 78.9 Å². The zero-order valence-corrected chi connectivity index (χ0v) is 23.2. The number of hydrogen-bond donors (Lipinski definition) is 3. The number of nitrogens with one attached hydrogen (secondary N) is 2. The highest BCUT2D eigenvalue weighted by Crippen LogP contribution is 2.32. The summed E-state index contributed by atoms with van der Waals surface area (Å²) in [5, 5.41) is 22.5. The second kappa shape index (κ2) is 11.9. The molecule has 0 radical (unpaired) electrons. The number of carboxylic acid groups (broad SMARTS) is 1. The van der Waals surface area contributed by atoms with Crippen molar-refractivity contribution in [3.05, 3.63) is 155 Å². The summed E-state index contributed by atoms with van der Waals surface area (Å²) in [7, 11) is 0. The van der Waals surface area contributed by atoms with E-state index >= 15 is 0 Å². The molecule has 0 aliphatic rings. The number of H-pyrrole nitrogens is 1. The van der Waals surface area contributed by atoms with E-state index in [-0.39, 0.29) is 18.0 Å². The molecule has 0 spiro atoms. The van der Waals surface area contributed by atoms with Gasteiger partial charge in [-0.15, -0.1) is 0 Å². The lowest BCUT2D eigenvalue weighted by atomic mass is 9.94. The summed E-state index contributed by atoms with van der Waals surface area (Å²) in [4.78, 5) is 28.3. The summed E-state index contributed by atoms with van der Waals surface area (Å²) in [6.45, 7) is 0.245. The van der Waals surface area contributed by atoms with Gasteiger partial charge < -0.3 is 15.4 Å². The average molecular weight is 562 g/mol. The number of carbonyl (C=O) groups is 2. The molecule has 0 bridgehead atoms. The third-order valence-corrected chi connectivity index (χ3v) is 7.54. The molecule has 1 amide bonds. The highest BCUT2D eigenvalue weighted by molar-refractivity contribution is 6.09. The van der Waals surface area contributed by atoms with Crippen LogP contribution >= 0.6 is 0 Å². The van der Waals surface area contributed by atoms with Gasteiger partial charge in [0.2, 0.25) is 0 Å². The topological polar surface area (TPSA) is 106 Å². The van der Waals surface area contributed by atoms with Gasteiger partial charge in [-0.3, -0.25) is 4.79 Å². The standard InChI is InChI=1S/C37H27N3O3/c38-21-26-5-4-8-30(18-26)31-19-33(36(41)40-22-25-11-15-29(16-12-25)37(42)43)35-32(23-39-34(35)20-31)17-24-9-13-28(14-10-24)27-6-2-1-3-7-27/h1-16,18-20,23,39H,17,22H2,(H,40,41)(H,42,43). The number of aromatic nitrogens is 1. The molecule has 6 rings (SSSR count). The zero-order chi connectivity index (χ0) is 29.8. The Morgan fingerprint density at radius 3 is 2.16 bits per heavy atom. The van der Waals surface area contributed by atoms with Crippen molar-refractivity contribution in [2.75, 3.05) is 0 Å². The Morgan fingerprint density at radius 2 is 1.44 bits per heavy atom. The minimum absolute atomic E-state index is 0.192. The molecule has 208 valence electrons. The van der Waals surface area contributed by atoms with Crippen LogP contribution in [-0.2, 0) is 13.0 Å². The molecule has 6 aromatic rings. The van der Waals surface area contributed by atoms with Crippen molar-refractivity contribution in [1.82, 2.24) is 10.3 Å². The smallest absolute Gasteiger partial charge is 0.335 e. The Morgan fingerprint density at radius 1 is 0.744 bits per heavy atom. The van der Waals surface area contributed by atoms with Gasteiger partial charge in [-0.2, -0.15) is 5.26 Å². The van der Waals surface area contributed by atoms with Gasteiger partial charge in [0.15, 0.2) is 0 Å². The van der Waals surface area contributed by atoms with Crippen LogP contribution in [0.2, 0.25) is 0 Å². The molecule has 6 nitrogen and oxygen atoms in total. The van der Waals surface area contributed by atoms with Gasteiger partial charge in [0, 0.05) is 29.2 Å². The molecule has 0 aliphatic heterocycles. The van der Waals surface area contributed by atoms with Gasteiger partial charge >= 0.3 is 5.97 Å². The number of nitriles is 1. The number of amides is 1. The predicted octanol–water partition coefficient (Wildman–Crippen LogP) is 7.59. The van der Waals surface area contributed by atoms with E-state index in [4.69, 9.17) is 0 Å². The molecule has 3 N–H and O–H groups in total. The van der Waals surface area contributed by atoms with Crippen LogP contribution in [0.4, 0.5) is 0 Å². The number of hydrogen-bond acceptors (Lipinski definition) is 3. The summed E-state index contributed by atoms with van der Waals surface area (Å²) < 4.78 is 0. The first-order valence-corrected chi connectivity index (χ1v) is 13.9. The van der Waals surface area contributed by atoms with Crippen LogP contribution in [0, 0.1) is 11.3 Å². The molecule has 0 saturated heterocycles. The van der Waals surface area contributed by atoms with E-state index in [0.29, 0.717) is 17.5 Å². The second-order valence-electron chi connectivity index (χ2n) is 10.4. The van der Waals surface area contributed by atoms with Crippen LogP contribution in [0.15, 0.2) is 121 Å². The number of aromatic carboxylic acids is 1. The number of benzene rings is 5. The van der Waals surface area contributed by atoms with E-state index in [0.717, 1.165) is 49.8 Å². The molecular formula is C37H27N3O3. The fourth-order valence-electron chi connectivity index (χ4n) is 5.30. The second-order valence-corrected chi connectivity index (χ2v) is 10.4. The summed E-state index contributed by atoms with van der Waals surface area (Å²) in [6.07, 6.45) is 2.59. The molecule has 6 heteroatoms. The van der Waals surface area contributed by atoms with Gasteiger partial charge in [-0.05, 0) is 81.8 Å². The van der Waals surface area contributed by atoms with Crippen molar-refractivity contribution >= 4 is 22.8 Å². The summed E-state index contributed by atoms with van der Waals surface area (Å²) in [5.41, 5.74) is 8.95. The molecule has 0 unspecified atom stereocenters. The molecule has 1 aromatic heterocycles. The Kier molecular flexibility index (Phi) is 7.54. The zero-order valence-electron chi connectivity index (χ0n) is 23.2. The van der Waals surface area contributed by atoms with E-state index in [1.54, 1.807) is 18.2 Å². The van der Waals surface area contributed by atoms with E-state index < -0.39 is 5.97 Å². The van der Waals surface area contributed by atoms with Crippen molar-refractivity contribution in [1.29, 1.82) is 5.26 Å². The third-order valence-electron chi connectivity index (χ3n) is 7.54. The molecular weight excluding hydrogens is 534 g/mol. The van der Waals surface area contributed by atoms with E-state index in [1.165, 1.54) is 12.1 Å². The monoisotopic (exact) mass is 561 g/mol. The van der Waals surface area contributed by atoms with Gasteiger partial charge in [0.05, 0.1) is 17.2 Å². The maximum absolute atomic E-state index is 13.7. The van der Waals surface area contributed by atoms with Crippen LogP contribution < -0.4 is 5.32 Å². The lowest BCUT2D eigenvalue weighted by Gasteiger charge is -2.12. The summed E-state index contributed by atoms with van der Waals surface area (Å²) in [5.74, 6) is -1.24. The number of carbonyl (C=O) groups excluding carboxylic acids is 1. The minimum atomic E-state index is -0.995. The van der Waals surface area contributed by atoms with Crippen LogP contribution in [0.1, 0.15) is 43.0 Å². The summed E-state index contributed by atoms with van der Waals surface area (Å²) in [6, 6.07) is 38.5. The predicted molar refractivity (Wildman–Crippen MR) is 168 cm³/mol. The quantitative estimate of drug-likeness (QED) is 0.178. The van der Waals surface area contributed by atoms with E-state index in [2.05, 4.69) is 52.8 Å². The fourth-order valence-corrected chi connectivity index (χ4v) is 5.30. The third kappa shape index (κ3) is 5.92. The molecule has 0 aliphatic carbocycles. The Bertz CT molecular complexity index is 1980. The maximum Gasteiger partial charge on any atom is 0.335 e. The minimum Gasteiger partial charge on any atom is -0.478 e. The maximum atomic E-state index is 13.7. The molecule has 43 heavy (non-hydrogen) atoms.